The van der Waals surface area contributed by atoms with E-state index in [2.05, 4.69) is 29.2 Å². The molecule has 2 aliphatic rings. The van der Waals surface area contributed by atoms with Crippen LogP contribution in [0.4, 0.5) is 5.69 Å². The zero-order valence-corrected chi connectivity index (χ0v) is 20.0. The second kappa shape index (κ2) is 10.1. The number of nitrogens with zero attached hydrogens (tertiary/aromatic N) is 2. The summed E-state index contributed by atoms with van der Waals surface area (Å²) in [6.45, 7) is 4.36. The Morgan fingerprint density at radius 3 is 2.42 bits per heavy atom. The van der Waals surface area contributed by atoms with Crippen molar-refractivity contribution in [2.24, 2.45) is 5.73 Å². The van der Waals surface area contributed by atoms with Crippen LogP contribution in [-0.4, -0.2) is 60.1 Å². The number of hydrogen-bond donors (Lipinski definition) is 2. The molecule has 1 fully saturated rings. The van der Waals surface area contributed by atoms with E-state index in [1.165, 1.54) is 10.5 Å². The molecule has 0 bridgehead atoms. The summed E-state index contributed by atoms with van der Waals surface area (Å²) < 4.78 is 5.43. The van der Waals surface area contributed by atoms with Crippen molar-refractivity contribution >= 4 is 34.2 Å². The Morgan fingerprint density at radius 1 is 1.00 bits per heavy atom. The fourth-order valence-electron chi connectivity index (χ4n) is 5.17. The molecule has 1 atom stereocenters. The van der Waals surface area contributed by atoms with E-state index < -0.39 is 17.9 Å². The molecule has 3 aromatic carbocycles. The molecule has 5 rings (SSSR count). The first-order valence-corrected chi connectivity index (χ1v) is 12.2. The number of benzene rings is 3. The summed E-state index contributed by atoms with van der Waals surface area (Å²) in [7, 11) is 0. The number of carboxylic acid groups (broad SMARTS) is 1. The van der Waals surface area contributed by atoms with Crippen LogP contribution in [0.25, 0.3) is 10.8 Å². The number of anilines is 1. The monoisotopic (exact) mass is 487 g/mol. The van der Waals surface area contributed by atoms with Gasteiger partial charge in [-0.3, -0.25) is 19.4 Å². The summed E-state index contributed by atoms with van der Waals surface area (Å²) >= 11 is 0. The van der Waals surface area contributed by atoms with Crippen LogP contribution in [0.2, 0.25) is 0 Å². The Balaban J connectivity index is 1.41. The minimum Gasteiger partial charge on any atom is -0.480 e. The van der Waals surface area contributed by atoms with Gasteiger partial charge in [-0.25, -0.2) is 4.79 Å². The molecule has 0 spiro atoms. The molecule has 0 aromatic heterocycles. The Labute approximate surface area is 209 Å². The van der Waals surface area contributed by atoms with Crippen molar-refractivity contribution in [3.8, 4) is 0 Å². The van der Waals surface area contributed by atoms with E-state index in [0.717, 1.165) is 54.7 Å². The largest absolute Gasteiger partial charge is 0.480 e. The minimum atomic E-state index is -1.16. The molecule has 2 heterocycles. The summed E-state index contributed by atoms with van der Waals surface area (Å²) in [5.74, 6) is -2.12. The summed E-state index contributed by atoms with van der Waals surface area (Å²) in [5, 5.41) is 11.5. The third kappa shape index (κ3) is 4.69. The van der Waals surface area contributed by atoms with Crippen molar-refractivity contribution < 1.29 is 24.2 Å². The van der Waals surface area contributed by atoms with E-state index in [-0.39, 0.29) is 18.7 Å². The van der Waals surface area contributed by atoms with Crippen LogP contribution in [0.1, 0.15) is 39.9 Å². The summed E-state index contributed by atoms with van der Waals surface area (Å²) in [5.41, 5.74) is 9.77. The van der Waals surface area contributed by atoms with Gasteiger partial charge in [-0.2, -0.15) is 0 Å². The fourth-order valence-corrected chi connectivity index (χ4v) is 5.17. The molecule has 0 saturated carbocycles. The maximum absolute atomic E-state index is 13.3. The van der Waals surface area contributed by atoms with E-state index in [0.29, 0.717) is 17.7 Å². The van der Waals surface area contributed by atoms with Crippen molar-refractivity contribution in [3.05, 3.63) is 76.9 Å². The van der Waals surface area contributed by atoms with Gasteiger partial charge in [-0.05, 0) is 47.1 Å². The highest BCUT2D eigenvalue weighted by atomic mass is 16.5. The van der Waals surface area contributed by atoms with Crippen LogP contribution in [0.3, 0.4) is 0 Å². The zero-order valence-electron chi connectivity index (χ0n) is 20.0. The number of morpholine rings is 1. The van der Waals surface area contributed by atoms with Crippen molar-refractivity contribution in [2.75, 3.05) is 31.2 Å². The zero-order chi connectivity index (χ0) is 25.2. The Kier molecular flexibility index (Phi) is 6.71. The lowest BCUT2D eigenvalue weighted by Gasteiger charge is -2.26. The molecular formula is C28H29N3O5. The quantitative estimate of drug-likeness (QED) is 0.480. The summed E-state index contributed by atoms with van der Waals surface area (Å²) in [6, 6.07) is 16.7. The Morgan fingerprint density at radius 2 is 1.72 bits per heavy atom. The molecular weight excluding hydrogens is 458 g/mol. The van der Waals surface area contributed by atoms with Gasteiger partial charge in [0.2, 0.25) is 5.91 Å². The lowest BCUT2D eigenvalue weighted by molar-refractivity contribution is -0.138. The summed E-state index contributed by atoms with van der Waals surface area (Å²) in [6.07, 6.45) is 0.542. The number of carbonyl (C=O) groups excluding carboxylic acids is 2. The predicted octanol–water partition coefficient (Wildman–Crippen LogP) is 2.94. The molecule has 1 saturated heterocycles. The predicted molar refractivity (Wildman–Crippen MR) is 136 cm³/mol. The van der Waals surface area contributed by atoms with E-state index in [9.17, 15) is 19.5 Å². The minimum absolute atomic E-state index is 0.0373. The molecule has 3 N–H and O–H groups in total. The summed E-state index contributed by atoms with van der Waals surface area (Å²) in [4.78, 5) is 40.3. The number of nitrogens with two attached hydrogens (primary N) is 1. The average Bonchev–Trinajstić information content (AvgIpc) is 3.15. The van der Waals surface area contributed by atoms with E-state index in [1.54, 1.807) is 6.07 Å². The molecule has 0 aliphatic carbocycles. The Hall–Kier alpha value is -3.75. The molecule has 3 aromatic rings. The van der Waals surface area contributed by atoms with Crippen LogP contribution in [0.15, 0.2) is 54.6 Å². The maximum atomic E-state index is 13.3. The molecule has 2 amide bonds. The highest BCUT2D eigenvalue weighted by Gasteiger charge is 2.38. The third-order valence-electron chi connectivity index (χ3n) is 7.01. The highest BCUT2D eigenvalue weighted by molar-refractivity contribution is 6.26. The van der Waals surface area contributed by atoms with Gasteiger partial charge in [-0.1, -0.05) is 42.5 Å². The lowest BCUT2D eigenvalue weighted by atomic mass is 9.95. The van der Waals surface area contributed by atoms with Crippen LogP contribution < -0.4 is 10.6 Å². The van der Waals surface area contributed by atoms with Crippen LogP contribution >= 0.6 is 0 Å². The number of aliphatic carboxylic acids is 1. The van der Waals surface area contributed by atoms with Gasteiger partial charge in [0, 0.05) is 37.0 Å². The first-order valence-electron chi connectivity index (χ1n) is 12.2. The van der Waals surface area contributed by atoms with Gasteiger partial charge in [0.05, 0.1) is 18.9 Å². The van der Waals surface area contributed by atoms with Crippen LogP contribution in [0, 0.1) is 0 Å². The van der Waals surface area contributed by atoms with Crippen molar-refractivity contribution in [1.82, 2.24) is 4.90 Å². The number of carbonyl (C=O) groups is 3. The topological polar surface area (TPSA) is 113 Å². The number of amides is 2. The molecule has 8 heteroatoms. The fraction of sp³-hybridized carbons (Fsp3) is 0.321. The van der Waals surface area contributed by atoms with Gasteiger partial charge in [-0.15, -0.1) is 0 Å². The second-order valence-corrected chi connectivity index (χ2v) is 9.39. The second-order valence-electron chi connectivity index (χ2n) is 9.39. The third-order valence-corrected chi connectivity index (χ3v) is 7.01. The normalized spacial score (nSPS) is 16.4. The molecule has 186 valence electrons. The Bertz CT molecular complexity index is 1310. The van der Waals surface area contributed by atoms with E-state index in [1.807, 2.05) is 24.3 Å². The number of hydrogen-bond acceptors (Lipinski definition) is 5. The number of rotatable bonds is 9. The maximum Gasteiger partial charge on any atom is 0.326 e. The first kappa shape index (κ1) is 24.0. The van der Waals surface area contributed by atoms with Gasteiger partial charge in [0.15, 0.2) is 0 Å². The molecule has 2 aliphatic heterocycles. The molecule has 8 nitrogen and oxygen atoms in total. The highest BCUT2D eigenvalue weighted by Crippen LogP contribution is 2.41. The molecule has 36 heavy (non-hydrogen) atoms. The lowest BCUT2D eigenvalue weighted by Crippen LogP contribution is -2.43. The van der Waals surface area contributed by atoms with Crippen molar-refractivity contribution in [1.29, 1.82) is 0 Å². The standard InChI is InChI=1S/C28H29N3O5/c29-25(32)11-10-24(28(34)35)31-23-9-8-20(21-2-1-3-22(26(21)23)27(31)33)16-18-4-6-19(7-5-18)17-30-12-14-36-15-13-30/h1-9,24H,10-17H2,(H2,29,32)(H,34,35)/t24-/m1/s1. The average molecular weight is 488 g/mol. The molecule has 0 unspecified atom stereocenters. The van der Waals surface area contributed by atoms with Crippen molar-refractivity contribution in [3.63, 3.8) is 0 Å². The van der Waals surface area contributed by atoms with Gasteiger partial charge in [0.25, 0.3) is 5.91 Å². The van der Waals surface area contributed by atoms with Crippen LogP contribution in [0.5, 0.6) is 0 Å². The van der Waals surface area contributed by atoms with Gasteiger partial charge < -0.3 is 15.6 Å². The van der Waals surface area contributed by atoms with Gasteiger partial charge >= 0.3 is 5.97 Å². The van der Waals surface area contributed by atoms with Crippen LogP contribution in [-0.2, 0) is 27.3 Å². The number of ether oxygens (including phenoxy) is 1. The smallest absolute Gasteiger partial charge is 0.326 e. The SMILES string of the molecule is NC(=O)CC[C@H](C(=O)O)N1C(=O)c2cccc3c(Cc4ccc(CN5CCOCC5)cc4)ccc1c23. The van der Waals surface area contributed by atoms with Crippen molar-refractivity contribution in [2.45, 2.75) is 31.8 Å². The first-order chi connectivity index (χ1) is 17.4. The number of primary amides is 1. The molecule has 0 radical (unpaired) electrons. The van der Waals surface area contributed by atoms with E-state index in [4.69, 9.17) is 10.5 Å². The number of carboxylic acids is 1. The van der Waals surface area contributed by atoms with E-state index >= 15 is 0 Å². The van der Waals surface area contributed by atoms with Gasteiger partial charge in [0.1, 0.15) is 6.04 Å².